The molecule has 2 fully saturated rings. The monoisotopic (exact) mass is 389 g/mol. The highest BCUT2D eigenvalue weighted by molar-refractivity contribution is 5.77. The van der Waals surface area contributed by atoms with Gasteiger partial charge in [0.15, 0.2) is 0 Å². The van der Waals surface area contributed by atoms with E-state index in [0.717, 1.165) is 38.9 Å². The van der Waals surface area contributed by atoms with E-state index in [0.29, 0.717) is 18.4 Å². The standard InChI is InChI=1S/C25H31N3O/c29-24(27-21-6-3-7-21)15-20-16-25(23-9-2-1-8-22(20)23)10-13-28(14-11-25)18-19-5-4-12-26-17-19/h1-2,4-5,8-9,12,17,20-21H,3,6-7,10-11,13-16,18H2,(H,27,29)/t20-/m0/s1. The number of benzene rings is 1. The van der Waals surface area contributed by atoms with E-state index in [4.69, 9.17) is 0 Å². The largest absolute Gasteiger partial charge is 0.353 e. The van der Waals surface area contributed by atoms with E-state index < -0.39 is 0 Å². The molecule has 2 aromatic rings. The maximum absolute atomic E-state index is 12.6. The second-order valence-electron chi connectivity index (χ2n) is 9.31. The van der Waals surface area contributed by atoms with Crippen LogP contribution < -0.4 is 5.32 Å². The molecule has 1 aromatic carbocycles. The van der Waals surface area contributed by atoms with Crippen LogP contribution in [0.15, 0.2) is 48.8 Å². The Morgan fingerprint density at radius 2 is 1.97 bits per heavy atom. The minimum Gasteiger partial charge on any atom is -0.353 e. The number of nitrogens with zero attached hydrogens (tertiary/aromatic N) is 2. The predicted octanol–water partition coefficient (Wildman–Crippen LogP) is 4.16. The number of aromatic nitrogens is 1. The number of amides is 1. The van der Waals surface area contributed by atoms with Crippen LogP contribution in [0, 0.1) is 0 Å². The van der Waals surface area contributed by atoms with E-state index in [9.17, 15) is 4.79 Å². The molecule has 5 rings (SSSR count). The van der Waals surface area contributed by atoms with Gasteiger partial charge >= 0.3 is 0 Å². The van der Waals surface area contributed by atoms with Crippen LogP contribution >= 0.6 is 0 Å². The predicted molar refractivity (Wildman–Crippen MR) is 115 cm³/mol. The van der Waals surface area contributed by atoms with Crippen LogP contribution in [0.3, 0.4) is 0 Å². The van der Waals surface area contributed by atoms with E-state index in [1.54, 1.807) is 0 Å². The molecule has 1 N–H and O–H groups in total. The molecule has 1 spiro atoms. The van der Waals surface area contributed by atoms with Crippen molar-refractivity contribution in [3.63, 3.8) is 0 Å². The number of carbonyl (C=O) groups is 1. The molecule has 1 aliphatic heterocycles. The lowest BCUT2D eigenvalue weighted by Gasteiger charge is -2.40. The Kier molecular flexibility index (Phi) is 5.13. The lowest BCUT2D eigenvalue weighted by atomic mass is 9.73. The van der Waals surface area contributed by atoms with Gasteiger partial charge in [0.1, 0.15) is 0 Å². The number of nitrogens with one attached hydrogen (secondary N) is 1. The summed E-state index contributed by atoms with van der Waals surface area (Å²) in [4.78, 5) is 19.4. The van der Waals surface area contributed by atoms with E-state index in [2.05, 4.69) is 45.5 Å². The van der Waals surface area contributed by atoms with Gasteiger partial charge in [0.05, 0.1) is 0 Å². The summed E-state index contributed by atoms with van der Waals surface area (Å²) in [5.41, 5.74) is 4.49. The van der Waals surface area contributed by atoms with Crippen molar-refractivity contribution in [1.29, 1.82) is 0 Å². The summed E-state index contributed by atoms with van der Waals surface area (Å²) in [5, 5.41) is 3.25. The van der Waals surface area contributed by atoms with Gasteiger partial charge in [-0.05, 0) is 85.7 Å². The van der Waals surface area contributed by atoms with Crippen molar-refractivity contribution in [2.45, 2.75) is 68.9 Å². The van der Waals surface area contributed by atoms with Crippen LogP contribution in [0.5, 0.6) is 0 Å². The Balaban J connectivity index is 1.26. The number of fused-ring (bicyclic) bond motifs is 2. The average molecular weight is 390 g/mol. The zero-order valence-electron chi connectivity index (χ0n) is 17.1. The highest BCUT2D eigenvalue weighted by Crippen LogP contribution is 2.52. The smallest absolute Gasteiger partial charge is 0.220 e. The molecule has 2 aliphatic carbocycles. The first-order valence-corrected chi connectivity index (χ1v) is 11.2. The first-order chi connectivity index (χ1) is 14.2. The third kappa shape index (κ3) is 3.83. The number of hydrogen-bond acceptors (Lipinski definition) is 3. The molecule has 3 aliphatic rings. The highest BCUT2D eigenvalue weighted by atomic mass is 16.1. The van der Waals surface area contributed by atoms with Crippen molar-refractivity contribution >= 4 is 5.91 Å². The molecule has 0 unspecified atom stereocenters. The number of hydrogen-bond donors (Lipinski definition) is 1. The molecule has 1 amide bonds. The Morgan fingerprint density at radius 1 is 1.14 bits per heavy atom. The lowest BCUT2D eigenvalue weighted by molar-refractivity contribution is -0.122. The molecule has 152 valence electrons. The normalized spacial score (nSPS) is 23.5. The van der Waals surface area contributed by atoms with Gasteiger partial charge in [-0.1, -0.05) is 30.3 Å². The molecular weight excluding hydrogens is 358 g/mol. The summed E-state index contributed by atoms with van der Waals surface area (Å²) >= 11 is 0. The molecule has 2 heterocycles. The van der Waals surface area contributed by atoms with Crippen molar-refractivity contribution in [2.24, 2.45) is 0 Å². The minimum absolute atomic E-state index is 0.251. The minimum atomic E-state index is 0.251. The second kappa shape index (κ2) is 7.91. The number of rotatable bonds is 5. The first kappa shape index (κ1) is 18.8. The van der Waals surface area contributed by atoms with Crippen molar-refractivity contribution in [2.75, 3.05) is 13.1 Å². The van der Waals surface area contributed by atoms with Crippen LogP contribution in [0.4, 0.5) is 0 Å². The fraction of sp³-hybridized carbons (Fsp3) is 0.520. The Bertz CT molecular complexity index is 853. The summed E-state index contributed by atoms with van der Waals surface area (Å²) in [6.07, 6.45) is 11.5. The maximum atomic E-state index is 12.6. The lowest BCUT2D eigenvalue weighted by Crippen LogP contribution is -2.41. The molecule has 4 heteroatoms. The van der Waals surface area contributed by atoms with Crippen molar-refractivity contribution < 1.29 is 4.79 Å². The van der Waals surface area contributed by atoms with Crippen LogP contribution in [0.2, 0.25) is 0 Å². The van der Waals surface area contributed by atoms with E-state index >= 15 is 0 Å². The third-order valence-corrected chi connectivity index (χ3v) is 7.45. The summed E-state index contributed by atoms with van der Waals surface area (Å²) in [6, 6.07) is 13.5. The van der Waals surface area contributed by atoms with Gasteiger partial charge < -0.3 is 5.32 Å². The molecule has 4 nitrogen and oxygen atoms in total. The van der Waals surface area contributed by atoms with Crippen molar-refractivity contribution in [3.05, 3.63) is 65.5 Å². The fourth-order valence-corrected chi connectivity index (χ4v) is 5.64. The molecular formula is C25H31N3O. The Labute approximate surface area is 173 Å². The fourth-order valence-electron chi connectivity index (χ4n) is 5.64. The zero-order chi connectivity index (χ0) is 19.7. The highest BCUT2D eigenvalue weighted by Gasteiger charge is 2.45. The Morgan fingerprint density at radius 3 is 2.69 bits per heavy atom. The van der Waals surface area contributed by atoms with Crippen LogP contribution in [-0.4, -0.2) is 34.9 Å². The third-order valence-electron chi connectivity index (χ3n) is 7.45. The Hall–Kier alpha value is -2.20. The molecule has 1 saturated carbocycles. The summed E-state index contributed by atoms with van der Waals surface area (Å²) < 4.78 is 0. The number of pyridine rings is 1. The van der Waals surface area contributed by atoms with E-state index in [1.165, 1.54) is 36.0 Å². The van der Waals surface area contributed by atoms with Gasteiger partial charge in [-0.25, -0.2) is 0 Å². The van der Waals surface area contributed by atoms with Gasteiger partial charge in [0, 0.05) is 31.4 Å². The SMILES string of the molecule is O=C(C[C@H]1CC2(CCN(Cc3cccnc3)CC2)c2ccccc21)NC1CCC1. The van der Waals surface area contributed by atoms with Crippen molar-refractivity contribution in [3.8, 4) is 0 Å². The molecule has 1 saturated heterocycles. The molecule has 0 radical (unpaired) electrons. The maximum Gasteiger partial charge on any atom is 0.220 e. The van der Waals surface area contributed by atoms with Crippen molar-refractivity contribution in [1.82, 2.24) is 15.2 Å². The van der Waals surface area contributed by atoms with Gasteiger partial charge in [-0.15, -0.1) is 0 Å². The molecule has 1 aromatic heterocycles. The summed E-state index contributed by atoms with van der Waals surface area (Å²) in [5.74, 6) is 0.622. The van der Waals surface area contributed by atoms with Gasteiger partial charge in [0.2, 0.25) is 5.91 Å². The van der Waals surface area contributed by atoms with Crippen LogP contribution in [0.25, 0.3) is 0 Å². The number of carbonyl (C=O) groups excluding carboxylic acids is 1. The van der Waals surface area contributed by atoms with Crippen LogP contribution in [0.1, 0.15) is 67.6 Å². The van der Waals surface area contributed by atoms with E-state index in [1.807, 2.05) is 18.5 Å². The van der Waals surface area contributed by atoms with Gasteiger partial charge in [-0.2, -0.15) is 0 Å². The summed E-state index contributed by atoms with van der Waals surface area (Å²) in [6.45, 7) is 3.22. The van der Waals surface area contributed by atoms with Gasteiger partial charge in [0.25, 0.3) is 0 Å². The molecule has 0 bridgehead atoms. The van der Waals surface area contributed by atoms with Gasteiger partial charge in [-0.3, -0.25) is 14.7 Å². The summed E-state index contributed by atoms with van der Waals surface area (Å²) in [7, 11) is 0. The molecule has 29 heavy (non-hydrogen) atoms. The quantitative estimate of drug-likeness (QED) is 0.835. The number of piperidine rings is 1. The second-order valence-corrected chi connectivity index (χ2v) is 9.31. The first-order valence-electron chi connectivity index (χ1n) is 11.2. The van der Waals surface area contributed by atoms with Crippen LogP contribution in [-0.2, 0) is 16.8 Å². The average Bonchev–Trinajstić information content (AvgIpc) is 3.01. The zero-order valence-corrected chi connectivity index (χ0v) is 17.1. The van der Waals surface area contributed by atoms with E-state index in [-0.39, 0.29) is 11.3 Å². The number of likely N-dealkylation sites (tertiary alicyclic amines) is 1. The molecule has 1 atom stereocenters. The topological polar surface area (TPSA) is 45.2 Å².